The highest BCUT2D eigenvalue weighted by Crippen LogP contribution is 2.32. The van der Waals surface area contributed by atoms with E-state index in [1.165, 1.54) is 18.3 Å². The number of carbonyl (C=O) groups excluding carboxylic acids is 1. The van der Waals surface area contributed by atoms with E-state index in [1.54, 1.807) is 18.2 Å². The first-order valence-electron chi connectivity index (χ1n) is 6.56. The average Bonchev–Trinajstić information content (AvgIpc) is 3.15. The van der Waals surface area contributed by atoms with Crippen molar-refractivity contribution >= 4 is 18.0 Å². The van der Waals surface area contributed by atoms with Gasteiger partial charge in [-0.15, -0.1) is 0 Å². The average molecular weight is 317 g/mol. The molecule has 1 aliphatic rings. The third-order valence-electron chi connectivity index (χ3n) is 2.98. The van der Waals surface area contributed by atoms with Crippen LogP contribution in [0.5, 0.6) is 11.5 Å². The van der Waals surface area contributed by atoms with Crippen LogP contribution in [0.15, 0.2) is 39.9 Å². The molecule has 0 radical (unpaired) electrons. The normalized spacial score (nSPS) is 12.5. The van der Waals surface area contributed by atoms with E-state index in [2.05, 4.69) is 10.5 Å². The van der Waals surface area contributed by atoms with E-state index in [0.717, 1.165) is 5.56 Å². The van der Waals surface area contributed by atoms with Gasteiger partial charge in [-0.1, -0.05) is 6.07 Å². The van der Waals surface area contributed by atoms with Gasteiger partial charge >= 0.3 is 5.88 Å². The number of hydrogen-bond acceptors (Lipinski definition) is 7. The Hall–Kier alpha value is -3.36. The molecule has 118 valence electrons. The molecular weight excluding hydrogens is 306 g/mol. The predicted molar refractivity (Wildman–Crippen MR) is 77.4 cm³/mol. The van der Waals surface area contributed by atoms with Crippen LogP contribution in [0, 0.1) is 10.1 Å². The number of fused-ring (bicyclic) bond motifs is 1. The number of benzene rings is 1. The number of nitro groups is 1. The molecule has 9 nitrogen and oxygen atoms in total. The molecule has 0 unspecified atom stereocenters. The molecule has 1 N–H and O–H groups in total. The summed E-state index contributed by atoms with van der Waals surface area (Å²) >= 11 is 0. The molecule has 3 rings (SSSR count). The van der Waals surface area contributed by atoms with Gasteiger partial charge in [0.05, 0.1) is 18.7 Å². The van der Waals surface area contributed by atoms with Gasteiger partial charge in [0.25, 0.3) is 0 Å². The maximum absolute atomic E-state index is 11.8. The molecule has 0 aliphatic carbocycles. The molecule has 1 aliphatic heterocycles. The van der Waals surface area contributed by atoms with E-state index in [9.17, 15) is 14.9 Å². The third kappa shape index (κ3) is 3.46. The van der Waals surface area contributed by atoms with Crippen molar-refractivity contribution in [1.82, 2.24) is 5.43 Å². The van der Waals surface area contributed by atoms with Gasteiger partial charge in [0, 0.05) is 0 Å². The fourth-order valence-electron chi connectivity index (χ4n) is 1.95. The molecule has 9 heteroatoms. The smallest absolute Gasteiger partial charge is 0.433 e. The fourth-order valence-corrected chi connectivity index (χ4v) is 1.95. The van der Waals surface area contributed by atoms with Crippen molar-refractivity contribution in [2.24, 2.45) is 5.10 Å². The summed E-state index contributed by atoms with van der Waals surface area (Å²) in [5, 5.41) is 14.1. The number of rotatable bonds is 5. The van der Waals surface area contributed by atoms with E-state index in [0.29, 0.717) is 11.5 Å². The van der Waals surface area contributed by atoms with Crippen molar-refractivity contribution in [3.05, 3.63) is 51.8 Å². The van der Waals surface area contributed by atoms with Gasteiger partial charge < -0.3 is 13.9 Å². The van der Waals surface area contributed by atoms with E-state index in [1.807, 2.05) is 0 Å². The monoisotopic (exact) mass is 317 g/mol. The SMILES string of the molecule is O=C(Cc1ccc2c(c1)OCO2)N/N=C\c1ccc([N+](=O)[O-])o1. The first-order chi connectivity index (χ1) is 11.1. The zero-order valence-electron chi connectivity index (χ0n) is 11.7. The van der Waals surface area contributed by atoms with Crippen molar-refractivity contribution in [2.45, 2.75) is 6.42 Å². The quantitative estimate of drug-likeness (QED) is 0.509. The first kappa shape index (κ1) is 14.6. The number of hydrogen-bond donors (Lipinski definition) is 1. The van der Waals surface area contributed by atoms with Crippen LogP contribution in [-0.2, 0) is 11.2 Å². The third-order valence-corrected chi connectivity index (χ3v) is 2.98. The zero-order chi connectivity index (χ0) is 16.2. The maximum atomic E-state index is 11.8. The number of nitrogens with one attached hydrogen (secondary N) is 1. The van der Waals surface area contributed by atoms with Crippen LogP contribution in [-0.4, -0.2) is 23.8 Å². The standard InChI is InChI=1S/C14H11N3O6/c18-13(6-9-1-3-11-12(5-9)22-8-21-11)16-15-7-10-2-4-14(23-10)17(19)20/h1-5,7H,6,8H2,(H,16,18)/b15-7-. The van der Waals surface area contributed by atoms with Crippen molar-refractivity contribution in [1.29, 1.82) is 0 Å². The lowest BCUT2D eigenvalue weighted by molar-refractivity contribution is -0.402. The van der Waals surface area contributed by atoms with Crippen LogP contribution >= 0.6 is 0 Å². The molecule has 0 atom stereocenters. The summed E-state index contributed by atoms with van der Waals surface area (Å²) < 4.78 is 15.3. The van der Waals surface area contributed by atoms with Gasteiger partial charge in [-0.05, 0) is 23.8 Å². The Kier molecular flexibility index (Phi) is 3.91. The summed E-state index contributed by atoms with van der Waals surface area (Å²) in [5.41, 5.74) is 3.06. The van der Waals surface area contributed by atoms with Crippen molar-refractivity contribution in [2.75, 3.05) is 6.79 Å². The Morgan fingerprint density at radius 2 is 2.13 bits per heavy atom. The lowest BCUT2D eigenvalue weighted by atomic mass is 10.1. The largest absolute Gasteiger partial charge is 0.454 e. The van der Waals surface area contributed by atoms with Crippen LogP contribution in [0.3, 0.4) is 0 Å². The van der Waals surface area contributed by atoms with Crippen LogP contribution in [0.4, 0.5) is 5.88 Å². The zero-order valence-corrected chi connectivity index (χ0v) is 11.7. The minimum Gasteiger partial charge on any atom is -0.454 e. The Balaban J connectivity index is 1.54. The summed E-state index contributed by atoms with van der Waals surface area (Å²) in [7, 11) is 0. The molecule has 1 aromatic heterocycles. The van der Waals surface area contributed by atoms with Gasteiger partial charge in [-0.2, -0.15) is 5.10 Å². The lowest BCUT2D eigenvalue weighted by Crippen LogP contribution is -2.19. The Morgan fingerprint density at radius 1 is 1.30 bits per heavy atom. The second-order valence-electron chi connectivity index (χ2n) is 4.59. The van der Waals surface area contributed by atoms with Crippen LogP contribution in [0.1, 0.15) is 11.3 Å². The molecule has 0 spiro atoms. The number of ether oxygens (including phenoxy) is 2. The van der Waals surface area contributed by atoms with Gasteiger partial charge in [0.15, 0.2) is 17.3 Å². The van der Waals surface area contributed by atoms with Crippen molar-refractivity contribution in [3.63, 3.8) is 0 Å². The van der Waals surface area contributed by atoms with Crippen molar-refractivity contribution < 1.29 is 23.6 Å². The molecule has 2 aromatic rings. The van der Waals surface area contributed by atoms with Gasteiger partial charge in [-0.3, -0.25) is 14.9 Å². The highest BCUT2D eigenvalue weighted by Gasteiger charge is 2.14. The topological polar surface area (TPSA) is 116 Å². The maximum Gasteiger partial charge on any atom is 0.433 e. The lowest BCUT2D eigenvalue weighted by Gasteiger charge is -2.02. The second-order valence-corrected chi connectivity index (χ2v) is 4.59. The summed E-state index contributed by atoms with van der Waals surface area (Å²) in [6, 6.07) is 7.80. The number of hydrazone groups is 1. The number of furan rings is 1. The summed E-state index contributed by atoms with van der Waals surface area (Å²) in [6.45, 7) is 0.171. The van der Waals surface area contributed by atoms with Gasteiger partial charge in [0.2, 0.25) is 12.7 Å². The molecule has 2 heterocycles. The minimum atomic E-state index is -0.657. The minimum absolute atomic E-state index is 0.103. The van der Waals surface area contributed by atoms with E-state index in [4.69, 9.17) is 13.9 Å². The highest BCUT2D eigenvalue weighted by molar-refractivity contribution is 5.82. The van der Waals surface area contributed by atoms with Gasteiger partial charge in [0.1, 0.15) is 4.92 Å². The van der Waals surface area contributed by atoms with E-state index in [-0.39, 0.29) is 24.9 Å². The first-order valence-corrected chi connectivity index (χ1v) is 6.56. The molecule has 23 heavy (non-hydrogen) atoms. The van der Waals surface area contributed by atoms with Gasteiger partial charge in [-0.25, -0.2) is 5.43 Å². The summed E-state index contributed by atoms with van der Waals surface area (Å²) in [4.78, 5) is 21.6. The van der Waals surface area contributed by atoms with Crippen LogP contribution in [0.25, 0.3) is 0 Å². The molecule has 0 fully saturated rings. The number of carbonyl (C=O) groups is 1. The highest BCUT2D eigenvalue weighted by atomic mass is 16.7. The fraction of sp³-hybridized carbons (Fsp3) is 0.143. The predicted octanol–water partition coefficient (Wildman–Crippen LogP) is 1.61. The summed E-state index contributed by atoms with van der Waals surface area (Å²) in [5.74, 6) is 0.674. The van der Waals surface area contributed by atoms with E-state index < -0.39 is 10.8 Å². The molecule has 0 saturated heterocycles. The van der Waals surface area contributed by atoms with Crippen molar-refractivity contribution in [3.8, 4) is 11.5 Å². The summed E-state index contributed by atoms with van der Waals surface area (Å²) in [6.07, 6.45) is 1.29. The molecule has 0 saturated carbocycles. The van der Waals surface area contributed by atoms with E-state index >= 15 is 0 Å². The Morgan fingerprint density at radius 3 is 2.91 bits per heavy atom. The molecule has 0 bridgehead atoms. The number of nitrogens with zero attached hydrogens (tertiary/aromatic N) is 2. The molecule has 1 amide bonds. The molecule has 1 aromatic carbocycles. The Labute approximate surface area is 129 Å². The van der Waals surface area contributed by atoms with Crippen LogP contribution in [0.2, 0.25) is 0 Å². The number of amides is 1. The van der Waals surface area contributed by atoms with Crippen LogP contribution < -0.4 is 14.9 Å². The second kappa shape index (κ2) is 6.18. The molecular formula is C14H11N3O6. The Bertz CT molecular complexity index is 783.